The van der Waals surface area contributed by atoms with E-state index in [-0.39, 0.29) is 0 Å². The molecule has 4 unspecified atom stereocenters. The SMILES string of the molecule is CNC(C)C1CC2CCNCC2C1. The van der Waals surface area contributed by atoms with Crippen LogP contribution in [-0.2, 0) is 0 Å². The van der Waals surface area contributed by atoms with Gasteiger partial charge >= 0.3 is 0 Å². The smallest absolute Gasteiger partial charge is 0.00642 e. The van der Waals surface area contributed by atoms with E-state index in [9.17, 15) is 0 Å². The molecule has 2 heteroatoms. The molecule has 2 fully saturated rings. The van der Waals surface area contributed by atoms with Gasteiger partial charge in [-0.1, -0.05) is 0 Å². The number of fused-ring (bicyclic) bond motifs is 1. The third kappa shape index (κ3) is 1.89. The maximum Gasteiger partial charge on any atom is 0.00642 e. The minimum Gasteiger partial charge on any atom is -0.317 e. The number of hydrogen-bond donors (Lipinski definition) is 2. The van der Waals surface area contributed by atoms with Gasteiger partial charge in [0.2, 0.25) is 0 Å². The lowest BCUT2D eigenvalue weighted by Crippen LogP contribution is -2.33. The van der Waals surface area contributed by atoms with E-state index in [4.69, 9.17) is 0 Å². The first-order valence-electron chi connectivity index (χ1n) is 5.69. The summed E-state index contributed by atoms with van der Waals surface area (Å²) in [5.41, 5.74) is 0. The van der Waals surface area contributed by atoms with Gasteiger partial charge in [0.05, 0.1) is 0 Å². The van der Waals surface area contributed by atoms with Crippen LogP contribution in [0.3, 0.4) is 0 Å². The summed E-state index contributed by atoms with van der Waals surface area (Å²) < 4.78 is 0. The largest absolute Gasteiger partial charge is 0.317 e. The molecule has 2 aliphatic rings. The van der Waals surface area contributed by atoms with Gasteiger partial charge < -0.3 is 10.6 Å². The van der Waals surface area contributed by atoms with Gasteiger partial charge in [0.15, 0.2) is 0 Å². The molecule has 0 spiro atoms. The molecule has 0 aromatic rings. The molecule has 0 radical (unpaired) electrons. The first-order chi connectivity index (χ1) is 6.31. The lowest BCUT2D eigenvalue weighted by Gasteiger charge is -2.25. The molecule has 2 rings (SSSR count). The van der Waals surface area contributed by atoms with Crippen molar-refractivity contribution in [1.82, 2.24) is 10.6 Å². The Bertz CT molecular complexity index is 155. The van der Waals surface area contributed by atoms with Gasteiger partial charge in [-0.05, 0) is 64.1 Å². The van der Waals surface area contributed by atoms with Crippen LogP contribution in [0, 0.1) is 17.8 Å². The first-order valence-corrected chi connectivity index (χ1v) is 5.69. The fourth-order valence-electron chi connectivity index (χ4n) is 3.08. The minimum atomic E-state index is 0.714. The van der Waals surface area contributed by atoms with Crippen LogP contribution in [0.5, 0.6) is 0 Å². The van der Waals surface area contributed by atoms with Gasteiger partial charge in [0, 0.05) is 6.04 Å². The van der Waals surface area contributed by atoms with Crippen molar-refractivity contribution in [2.24, 2.45) is 17.8 Å². The Morgan fingerprint density at radius 3 is 2.77 bits per heavy atom. The Labute approximate surface area is 81.5 Å². The maximum absolute atomic E-state index is 3.51. The fourth-order valence-corrected chi connectivity index (χ4v) is 3.08. The summed E-state index contributed by atoms with van der Waals surface area (Å²) in [5, 5.41) is 6.91. The molecule has 0 amide bonds. The van der Waals surface area contributed by atoms with E-state index in [0.29, 0.717) is 6.04 Å². The first kappa shape index (κ1) is 9.47. The van der Waals surface area contributed by atoms with Crippen LogP contribution >= 0.6 is 0 Å². The summed E-state index contributed by atoms with van der Waals surface area (Å²) in [6, 6.07) is 0.714. The van der Waals surface area contributed by atoms with E-state index in [1.165, 1.54) is 32.4 Å². The molecule has 0 aromatic carbocycles. The molecular formula is C11H22N2. The lowest BCUT2D eigenvalue weighted by atomic mass is 9.90. The van der Waals surface area contributed by atoms with Crippen LogP contribution in [0.15, 0.2) is 0 Å². The van der Waals surface area contributed by atoms with Crippen LogP contribution in [0.1, 0.15) is 26.2 Å². The number of hydrogen-bond acceptors (Lipinski definition) is 2. The topological polar surface area (TPSA) is 24.1 Å². The van der Waals surface area contributed by atoms with Crippen molar-refractivity contribution in [1.29, 1.82) is 0 Å². The van der Waals surface area contributed by atoms with Gasteiger partial charge in [-0.25, -0.2) is 0 Å². The predicted octanol–water partition coefficient (Wildman–Crippen LogP) is 1.23. The van der Waals surface area contributed by atoms with Crippen molar-refractivity contribution < 1.29 is 0 Å². The summed E-state index contributed by atoms with van der Waals surface area (Å²) in [6.07, 6.45) is 4.33. The maximum atomic E-state index is 3.51. The second kappa shape index (κ2) is 3.97. The molecule has 1 aliphatic heterocycles. The monoisotopic (exact) mass is 182 g/mol. The third-order valence-corrected chi connectivity index (χ3v) is 4.14. The molecule has 1 heterocycles. The summed E-state index contributed by atoms with van der Waals surface area (Å²) >= 11 is 0. The van der Waals surface area contributed by atoms with E-state index in [2.05, 4.69) is 24.6 Å². The Kier molecular flexibility index (Phi) is 2.89. The Balaban J connectivity index is 1.91. The van der Waals surface area contributed by atoms with Crippen LogP contribution in [0.4, 0.5) is 0 Å². The average Bonchev–Trinajstić information content (AvgIpc) is 2.59. The number of piperidine rings is 1. The summed E-state index contributed by atoms with van der Waals surface area (Å²) in [5.74, 6) is 2.94. The van der Waals surface area contributed by atoms with Crippen molar-refractivity contribution in [3.63, 3.8) is 0 Å². The zero-order valence-corrected chi connectivity index (χ0v) is 8.84. The van der Waals surface area contributed by atoms with Gasteiger partial charge in [-0.15, -0.1) is 0 Å². The second-order valence-corrected chi connectivity index (χ2v) is 4.82. The molecular weight excluding hydrogens is 160 g/mol. The van der Waals surface area contributed by atoms with Crippen molar-refractivity contribution in [2.75, 3.05) is 20.1 Å². The molecule has 1 aliphatic carbocycles. The zero-order valence-electron chi connectivity index (χ0n) is 8.84. The normalized spacial score (nSPS) is 41.5. The highest BCUT2D eigenvalue weighted by Gasteiger charge is 2.37. The van der Waals surface area contributed by atoms with Crippen molar-refractivity contribution in [3.05, 3.63) is 0 Å². The van der Waals surface area contributed by atoms with E-state index in [1.54, 1.807) is 0 Å². The summed E-state index contributed by atoms with van der Waals surface area (Å²) in [4.78, 5) is 0. The van der Waals surface area contributed by atoms with Crippen molar-refractivity contribution in [2.45, 2.75) is 32.2 Å². The van der Waals surface area contributed by atoms with E-state index >= 15 is 0 Å². The molecule has 13 heavy (non-hydrogen) atoms. The van der Waals surface area contributed by atoms with Gasteiger partial charge in [0.25, 0.3) is 0 Å². The summed E-state index contributed by atoms with van der Waals surface area (Å²) in [6.45, 7) is 4.86. The van der Waals surface area contributed by atoms with E-state index in [0.717, 1.165) is 17.8 Å². The molecule has 0 bridgehead atoms. The van der Waals surface area contributed by atoms with Gasteiger partial charge in [0.1, 0.15) is 0 Å². The Hall–Kier alpha value is -0.0800. The minimum absolute atomic E-state index is 0.714. The number of nitrogens with one attached hydrogen (secondary N) is 2. The zero-order chi connectivity index (χ0) is 9.26. The second-order valence-electron chi connectivity index (χ2n) is 4.82. The van der Waals surface area contributed by atoms with Crippen LogP contribution in [0.2, 0.25) is 0 Å². The number of rotatable bonds is 2. The Morgan fingerprint density at radius 2 is 2.08 bits per heavy atom. The summed E-state index contributed by atoms with van der Waals surface area (Å²) in [7, 11) is 2.09. The average molecular weight is 182 g/mol. The molecule has 76 valence electrons. The standard InChI is InChI=1S/C11H22N2/c1-8(12-2)10-5-9-3-4-13-7-11(9)6-10/h8-13H,3-7H2,1-2H3. The lowest BCUT2D eigenvalue weighted by molar-refractivity contribution is 0.295. The molecule has 0 aromatic heterocycles. The molecule has 2 nitrogen and oxygen atoms in total. The van der Waals surface area contributed by atoms with E-state index < -0.39 is 0 Å². The predicted molar refractivity (Wildman–Crippen MR) is 55.7 cm³/mol. The highest BCUT2D eigenvalue weighted by Crippen LogP contribution is 2.40. The molecule has 1 saturated carbocycles. The fraction of sp³-hybridized carbons (Fsp3) is 1.00. The highest BCUT2D eigenvalue weighted by atomic mass is 14.9. The van der Waals surface area contributed by atoms with Crippen LogP contribution in [0.25, 0.3) is 0 Å². The van der Waals surface area contributed by atoms with Gasteiger partial charge in [-0.3, -0.25) is 0 Å². The molecule has 1 saturated heterocycles. The quantitative estimate of drug-likeness (QED) is 0.671. The van der Waals surface area contributed by atoms with E-state index in [1.807, 2.05) is 0 Å². The van der Waals surface area contributed by atoms with Crippen molar-refractivity contribution >= 4 is 0 Å². The van der Waals surface area contributed by atoms with Crippen molar-refractivity contribution in [3.8, 4) is 0 Å². The molecule has 4 atom stereocenters. The Morgan fingerprint density at radius 1 is 1.31 bits per heavy atom. The van der Waals surface area contributed by atoms with Crippen LogP contribution in [-0.4, -0.2) is 26.2 Å². The van der Waals surface area contributed by atoms with Crippen LogP contribution < -0.4 is 10.6 Å². The highest BCUT2D eigenvalue weighted by molar-refractivity contribution is 4.90. The van der Waals surface area contributed by atoms with Gasteiger partial charge in [-0.2, -0.15) is 0 Å². The molecule has 2 N–H and O–H groups in total. The third-order valence-electron chi connectivity index (χ3n) is 4.14.